The number of nitrogens with one attached hydrogen (secondary N) is 1. The smallest absolute Gasteiger partial charge is 0.272 e. The number of primary amides is 1. The van der Waals surface area contributed by atoms with Gasteiger partial charge in [-0.1, -0.05) is 0 Å². The molecule has 9 nitrogen and oxygen atoms in total. The Bertz CT molecular complexity index is 1050. The topological polar surface area (TPSA) is 125 Å². The second kappa shape index (κ2) is 7.70. The van der Waals surface area contributed by atoms with Crippen molar-refractivity contribution in [3.63, 3.8) is 0 Å². The molecule has 0 aliphatic heterocycles. The Morgan fingerprint density at radius 2 is 1.90 bits per heavy atom. The number of nitrogens with two attached hydrogens (primary N) is 1. The molecule has 29 heavy (non-hydrogen) atoms. The zero-order chi connectivity index (χ0) is 21.2. The molecular formula is C20H22N6O3. The van der Waals surface area contributed by atoms with Gasteiger partial charge in [-0.05, 0) is 45.0 Å². The third-order valence-corrected chi connectivity index (χ3v) is 3.91. The van der Waals surface area contributed by atoms with Crippen molar-refractivity contribution >= 4 is 11.8 Å². The van der Waals surface area contributed by atoms with Gasteiger partial charge in [0.15, 0.2) is 5.69 Å². The molecule has 0 fully saturated rings. The van der Waals surface area contributed by atoms with E-state index < -0.39 is 11.4 Å². The standard InChI is InChI=1S/C20H22N6O3/c1-20(2,3)24-19(28)15-10-16(14-9-12(18(21)27)7-8-22-14)26(25-15)13-5-6-17(29-4)23-11-13/h5-11H,1-4H3,(H2,21,27)(H,24,28). The highest BCUT2D eigenvalue weighted by molar-refractivity contribution is 5.95. The largest absolute Gasteiger partial charge is 0.481 e. The molecular weight excluding hydrogens is 372 g/mol. The van der Waals surface area contributed by atoms with Gasteiger partial charge in [-0.25, -0.2) is 9.67 Å². The van der Waals surface area contributed by atoms with E-state index in [0.29, 0.717) is 28.5 Å². The van der Waals surface area contributed by atoms with Crippen LogP contribution in [0, 0.1) is 0 Å². The Kier molecular flexibility index (Phi) is 5.31. The van der Waals surface area contributed by atoms with E-state index >= 15 is 0 Å². The molecule has 3 rings (SSSR count). The molecule has 0 saturated carbocycles. The molecule has 0 aliphatic carbocycles. The van der Waals surface area contributed by atoms with E-state index in [0.717, 1.165) is 0 Å². The minimum atomic E-state index is -0.573. The van der Waals surface area contributed by atoms with E-state index in [2.05, 4.69) is 20.4 Å². The number of hydrogen-bond donors (Lipinski definition) is 2. The number of methoxy groups -OCH3 is 1. The lowest BCUT2D eigenvalue weighted by Gasteiger charge is -2.19. The Morgan fingerprint density at radius 3 is 2.48 bits per heavy atom. The van der Waals surface area contributed by atoms with Crippen molar-refractivity contribution in [2.75, 3.05) is 7.11 Å². The minimum absolute atomic E-state index is 0.206. The van der Waals surface area contributed by atoms with Crippen LogP contribution in [0.4, 0.5) is 0 Å². The van der Waals surface area contributed by atoms with Gasteiger partial charge in [-0.3, -0.25) is 14.6 Å². The lowest BCUT2D eigenvalue weighted by molar-refractivity contribution is 0.0913. The Hall–Kier alpha value is -3.75. The number of hydrogen-bond acceptors (Lipinski definition) is 6. The van der Waals surface area contributed by atoms with Crippen LogP contribution in [0.25, 0.3) is 17.1 Å². The maximum atomic E-state index is 12.6. The van der Waals surface area contributed by atoms with Crippen LogP contribution < -0.4 is 15.8 Å². The summed E-state index contributed by atoms with van der Waals surface area (Å²) in [5.41, 5.74) is 7.03. The van der Waals surface area contributed by atoms with Crippen molar-refractivity contribution in [1.82, 2.24) is 25.1 Å². The van der Waals surface area contributed by atoms with Gasteiger partial charge in [0.05, 0.1) is 30.4 Å². The summed E-state index contributed by atoms with van der Waals surface area (Å²) in [5.74, 6) is -0.455. The van der Waals surface area contributed by atoms with Crippen molar-refractivity contribution in [2.45, 2.75) is 26.3 Å². The van der Waals surface area contributed by atoms with Gasteiger partial charge in [-0.2, -0.15) is 5.10 Å². The summed E-state index contributed by atoms with van der Waals surface area (Å²) < 4.78 is 6.63. The van der Waals surface area contributed by atoms with Gasteiger partial charge in [0, 0.05) is 23.4 Å². The van der Waals surface area contributed by atoms with Gasteiger partial charge in [0.25, 0.3) is 5.91 Å². The van der Waals surface area contributed by atoms with Crippen LogP contribution in [-0.4, -0.2) is 44.2 Å². The fraction of sp³-hybridized carbons (Fsp3) is 0.250. The molecule has 3 heterocycles. The van der Waals surface area contributed by atoms with E-state index in [-0.39, 0.29) is 11.6 Å². The summed E-state index contributed by atoms with van der Waals surface area (Å²) in [4.78, 5) is 32.7. The van der Waals surface area contributed by atoms with Crippen molar-refractivity contribution in [2.24, 2.45) is 5.73 Å². The van der Waals surface area contributed by atoms with Crippen LogP contribution in [0.1, 0.15) is 41.6 Å². The maximum Gasteiger partial charge on any atom is 0.272 e. The molecule has 0 aliphatic rings. The summed E-state index contributed by atoms with van der Waals surface area (Å²) in [7, 11) is 1.52. The summed E-state index contributed by atoms with van der Waals surface area (Å²) in [6.07, 6.45) is 3.05. The molecule has 0 saturated heterocycles. The van der Waals surface area contributed by atoms with E-state index in [9.17, 15) is 9.59 Å². The van der Waals surface area contributed by atoms with Crippen LogP contribution in [0.3, 0.4) is 0 Å². The summed E-state index contributed by atoms with van der Waals surface area (Å²) in [5, 5.41) is 7.32. The molecule has 0 radical (unpaired) electrons. The first-order chi connectivity index (χ1) is 13.7. The van der Waals surface area contributed by atoms with Gasteiger partial charge in [0.2, 0.25) is 11.8 Å². The predicted molar refractivity (Wildman–Crippen MR) is 107 cm³/mol. The molecule has 0 spiro atoms. The highest BCUT2D eigenvalue weighted by Gasteiger charge is 2.21. The normalized spacial score (nSPS) is 11.2. The Balaban J connectivity index is 2.13. The van der Waals surface area contributed by atoms with Crippen LogP contribution in [0.2, 0.25) is 0 Å². The number of rotatable bonds is 5. The first-order valence-electron chi connectivity index (χ1n) is 8.87. The SMILES string of the molecule is COc1ccc(-n2nc(C(=O)NC(C)(C)C)cc2-c2cc(C(N)=O)ccn2)cn1. The second-order valence-electron chi connectivity index (χ2n) is 7.38. The molecule has 0 aromatic carbocycles. The van der Waals surface area contributed by atoms with E-state index in [1.54, 1.807) is 30.5 Å². The molecule has 0 unspecified atom stereocenters. The number of ether oxygens (including phenoxy) is 1. The zero-order valence-corrected chi connectivity index (χ0v) is 16.6. The fourth-order valence-corrected chi connectivity index (χ4v) is 2.62. The van der Waals surface area contributed by atoms with E-state index in [1.807, 2.05) is 20.8 Å². The summed E-state index contributed by atoms with van der Waals surface area (Å²) in [6, 6.07) is 8.13. The second-order valence-corrected chi connectivity index (χ2v) is 7.38. The summed E-state index contributed by atoms with van der Waals surface area (Å²) >= 11 is 0. The lowest BCUT2D eigenvalue weighted by Crippen LogP contribution is -2.40. The number of carbonyl (C=O) groups excluding carboxylic acids is 2. The van der Waals surface area contributed by atoms with Crippen LogP contribution >= 0.6 is 0 Å². The first kappa shape index (κ1) is 20.0. The summed E-state index contributed by atoms with van der Waals surface area (Å²) in [6.45, 7) is 5.65. The highest BCUT2D eigenvalue weighted by Crippen LogP contribution is 2.24. The average molecular weight is 394 g/mol. The Morgan fingerprint density at radius 1 is 1.14 bits per heavy atom. The first-order valence-corrected chi connectivity index (χ1v) is 8.87. The average Bonchev–Trinajstić information content (AvgIpc) is 3.12. The molecule has 9 heteroatoms. The third-order valence-electron chi connectivity index (χ3n) is 3.91. The number of nitrogens with zero attached hydrogens (tertiary/aromatic N) is 4. The van der Waals surface area contributed by atoms with Gasteiger partial charge in [0.1, 0.15) is 0 Å². The molecule has 0 bridgehead atoms. The van der Waals surface area contributed by atoms with Crippen molar-refractivity contribution in [1.29, 1.82) is 0 Å². The molecule has 3 aromatic heterocycles. The lowest BCUT2D eigenvalue weighted by atomic mass is 10.1. The molecule has 0 atom stereocenters. The van der Waals surface area contributed by atoms with Gasteiger partial charge < -0.3 is 15.8 Å². The Labute approximate surface area is 167 Å². The number of aromatic nitrogens is 4. The number of carbonyl (C=O) groups is 2. The van der Waals surface area contributed by atoms with Crippen molar-refractivity contribution < 1.29 is 14.3 Å². The van der Waals surface area contributed by atoms with Crippen LogP contribution in [0.5, 0.6) is 5.88 Å². The van der Waals surface area contributed by atoms with Crippen LogP contribution in [0.15, 0.2) is 42.7 Å². The third kappa shape index (κ3) is 4.57. The van der Waals surface area contributed by atoms with E-state index in [4.69, 9.17) is 10.5 Å². The highest BCUT2D eigenvalue weighted by atomic mass is 16.5. The minimum Gasteiger partial charge on any atom is -0.481 e. The molecule has 3 aromatic rings. The van der Waals surface area contributed by atoms with Crippen LogP contribution in [-0.2, 0) is 0 Å². The fourth-order valence-electron chi connectivity index (χ4n) is 2.62. The number of pyridine rings is 2. The molecule has 2 amide bonds. The molecule has 3 N–H and O–H groups in total. The van der Waals surface area contributed by atoms with Gasteiger partial charge >= 0.3 is 0 Å². The van der Waals surface area contributed by atoms with E-state index in [1.165, 1.54) is 24.1 Å². The predicted octanol–water partition coefficient (Wildman–Crippen LogP) is 1.97. The zero-order valence-electron chi connectivity index (χ0n) is 16.6. The van der Waals surface area contributed by atoms with Crippen molar-refractivity contribution in [3.8, 4) is 23.0 Å². The van der Waals surface area contributed by atoms with Crippen molar-refractivity contribution in [3.05, 3.63) is 54.0 Å². The monoisotopic (exact) mass is 394 g/mol. The number of amides is 2. The maximum absolute atomic E-state index is 12.6. The quantitative estimate of drug-likeness (QED) is 0.681. The molecule has 150 valence electrons. The van der Waals surface area contributed by atoms with Gasteiger partial charge in [-0.15, -0.1) is 0 Å².